The fourth-order valence-corrected chi connectivity index (χ4v) is 2.10. The maximum Gasteiger partial charge on any atom is 0.193 e. The molecule has 116 valence electrons. The molecule has 0 atom stereocenters. The second-order valence-electron chi connectivity index (χ2n) is 4.89. The van der Waals surface area contributed by atoms with E-state index in [1.807, 2.05) is 18.2 Å². The number of hydrogen-bond donors (Lipinski definition) is 1. The molecule has 4 heteroatoms. The summed E-state index contributed by atoms with van der Waals surface area (Å²) in [4.78, 5) is 12.3. The van der Waals surface area contributed by atoms with Crippen LogP contribution < -0.4 is 10.5 Å². The van der Waals surface area contributed by atoms with Crippen molar-refractivity contribution < 1.29 is 9.53 Å². The van der Waals surface area contributed by atoms with E-state index in [1.54, 1.807) is 60.7 Å². The second-order valence-corrected chi connectivity index (χ2v) is 4.89. The highest BCUT2D eigenvalue weighted by atomic mass is 35.5. The van der Waals surface area contributed by atoms with Gasteiger partial charge in [-0.2, -0.15) is 0 Å². The number of anilines is 1. The van der Waals surface area contributed by atoms with Crippen molar-refractivity contribution in [2.45, 2.75) is 0 Å². The molecule has 0 bridgehead atoms. The minimum absolute atomic E-state index is 0. The van der Waals surface area contributed by atoms with E-state index in [2.05, 4.69) is 0 Å². The summed E-state index contributed by atoms with van der Waals surface area (Å²) in [5.41, 5.74) is 7.64. The van der Waals surface area contributed by atoms with Crippen molar-refractivity contribution in [2.75, 3.05) is 5.73 Å². The molecule has 0 fully saturated rings. The number of halogens is 1. The van der Waals surface area contributed by atoms with E-state index in [0.29, 0.717) is 28.3 Å². The summed E-state index contributed by atoms with van der Waals surface area (Å²) in [6, 6.07) is 23.5. The summed E-state index contributed by atoms with van der Waals surface area (Å²) in [6.07, 6.45) is 0. The first kappa shape index (κ1) is 16.6. The summed E-state index contributed by atoms with van der Waals surface area (Å²) in [6.45, 7) is 0. The van der Waals surface area contributed by atoms with Gasteiger partial charge in [0.2, 0.25) is 0 Å². The zero-order valence-electron chi connectivity index (χ0n) is 12.3. The monoisotopic (exact) mass is 325 g/mol. The van der Waals surface area contributed by atoms with Gasteiger partial charge in [0.1, 0.15) is 11.5 Å². The number of carbonyl (C=O) groups excluding carboxylic acids is 1. The average Bonchev–Trinajstić information content (AvgIpc) is 2.58. The smallest absolute Gasteiger partial charge is 0.193 e. The van der Waals surface area contributed by atoms with Gasteiger partial charge in [-0.15, -0.1) is 12.4 Å². The number of ketones is 1. The van der Waals surface area contributed by atoms with Crippen LogP contribution in [0.2, 0.25) is 0 Å². The molecule has 0 spiro atoms. The van der Waals surface area contributed by atoms with Gasteiger partial charge in [-0.25, -0.2) is 0 Å². The minimum atomic E-state index is -0.000338. The topological polar surface area (TPSA) is 52.3 Å². The van der Waals surface area contributed by atoms with Crippen LogP contribution in [0.5, 0.6) is 11.5 Å². The highest BCUT2D eigenvalue weighted by Gasteiger charge is 2.08. The lowest BCUT2D eigenvalue weighted by Gasteiger charge is -2.07. The number of nitrogen functional groups attached to an aromatic ring is 1. The SMILES string of the molecule is Cl.Nc1ccc(Oc2ccc(C(=O)c3ccccc3)cc2)cc1. The van der Waals surface area contributed by atoms with E-state index in [1.165, 1.54) is 0 Å². The van der Waals surface area contributed by atoms with E-state index < -0.39 is 0 Å². The van der Waals surface area contributed by atoms with E-state index in [-0.39, 0.29) is 18.2 Å². The molecule has 3 aromatic carbocycles. The van der Waals surface area contributed by atoms with Crippen molar-refractivity contribution in [1.82, 2.24) is 0 Å². The van der Waals surface area contributed by atoms with Crippen molar-refractivity contribution >= 4 is 23.9 Å². The van der Waals surface area contributed by atoms with Gasteiger partial charge in [0, 0.05) is 16.8 Å². The Balaban J connectivity index is 0.00000192. The fourth-order valence-electron chi connectivity index (χ4n) is 2.10. The standard InChI is InChI=1S/C19H15NO2.ClH/c20-16-8-12-18(13-9-16)22-17-10-6-15(7-11-17)19(21)14-4-2-1-3-5-14;/h1-13H,20H2;1H. The lowest BCUT2D eigenvalue weighted by atomic mass is 10.0. The number of hydrogen-bond acceptors (Lipinski definition) is 3. The number of rotatable bonds is 4. The average molecular weight is 326 g/mol. The summed E-state index contributed by atoms with van der Waals surface area (Å²) < 4.78 is 5.71. The van der Waals surface area contributed by atoms with Crippen molar-refractivity contribution in [3.8, 4) is 11.5 Å². The Hall–Kier alpha value is -2.78. The molecule has 0 amide bonds. The third kappa shape index (κ3) is 4.11. The maximum atomic E-state index is 12.3. The number of nitrogens with two attached hydrogens (primary N) is 1. The Kier molecular flexibility index (Phi) is 5.39. The maximum absolute atomic E-state index is 12.3. The third-order valence-electron chi connectivity index (χ3n) is 3.27. The minimum Gasteiger partial charge on any atom is -0.457 e. The Labute approximate surface area is 141 Å². The van der Waals surface area contributed by atoms with Crippen LogP contribution in [-0.4, -0.2) is 5.78 Å². The van der Waals surface area contributed by atoms with Crippen molar-refractivity contribution in [3.63, 3.8) is 0 Å². The molecule has 3 aromatic rings. The summed E-state index contributed by atoms with van der Waals surface area (Å²) >= 11 is 0. The van der Waals surface area contributed by atoms with E-state index in [9.17, 15) is 4.79 Å². The van der Waals surface area contributed by atoms with Crippen molar-refractivity contribution in [1.29, 1.82) is 0 Å². The van der Waals surface area contributed by atoms with Gasteiger partial charge in [0.25, 0.3) is 0 Å². The van der Waals surface area contributed by atoms with Crippen LogP contribution in [0.1, 0.15) is 15.9 Å². The van der Waals surface area contributed by atoms with E-state index in [0.717, 1.165) is 0 Å². The van der Waals surface area contributed by atoms with Gasteiger partial charge < -0.3 is 10.5 Å². The Morgan fingerprint density at radius 3 is 1.74 bits per heavy atom. The van der Waals surface area contributed by atoms with Gasteiger partial charge >= 0.3 is 0 Å². The fraction of sp³-hybridized carbons (Fsp3) is 0. The molecular formula is C19H16ClNO2. The summed E-state index contributed by atoms with van der Waals surface area (Å²) in [5, 5.41) is 0. The number of carbonyl (C=O) groups is 1. The normalized spacial score (nSPS) is 9.74. The van der Waals surface area contributed by atoms with Crippen LogP contribution in [0.25, 0.3) is 0 Å². The van der Waals surface area contributed by atoms with E-state index >= 15 is 0 Å². The van der Waals surface area contributed by atoms with E-state index in [4.69, 9.17) is 10.5 Å². The van der Waals surface area contributed by atoms with Crippen LogP contribution in [0, 0.1) is 0 Å². The third-order valence-corrected chi connectivity index (χ3v) is 3.27. The predicted molar refractivity (Wildman–Crippen MR) is 94.5 cm³/mol. The highest BCUT2D eigenvalue weighted by molar-refractivity contribution is 6.08. The first-order valence-electron chi connectivity index (χ1n) is 6.95. The molecule has 0 aliphatic rings. The second kappa shape index (κ2) is 7.47. The lowest BCUT2D eigenvalue weighted by molar-refractivity contribution is 0.103. The molecule has 0 aliphatic heterocycles. The van der Waals surface area contributed by atoms with Gasteiger partial charge in [-0.1, -0.05) is 30.3 Å². The molecule has 0 heterocycles. The highest BCUT2D eigenvalue weighted by Crippen LogP contribution is 2.23. The summed E-state index contributed by atoms with van der Waals surface area (Å²) in [5.74, 6) is 1.38. The molecule has 0 saturated carbocycles. The van der Waals surface area contributed by atoms with Gasteiger partial charge in [-0.3, -0.25) is 4.79 Å². The van der Waals surface area contributed by atoms with Gasteiger partial charge in [0.15, 0.2) is 5.78 Å². The molecular weight excluding hydrogens is 310 g/mol. The quantitative estimate of drug-likeness (QED) is 0.558. The first-order chi connectivity index (χ1) is 10.7. The molecule has 0 radical (unpaired) electrons. The number of benzene rings is 3. The predicted octanol–water partition coefficient (Wildman–Crippen LogP) is 4.71. The first-order valence-corrected chi connectivity index (χ1v) is 6.95. The molecule has 23 heavy (non-hydrogen) atoms. The zero-order valence-corrected chi connectivity index (χ0v) is 13.1. The van der Waals surface area contributed by atoms with Crippen LogP contribution in [0.15, 0.2) is 78.9 Å². The molecule has 2 N–H and O–H groups in total. The van der Waals surface area contributed by atoms with Crippen LogP contribution in [-0.2, 0) is 0 Å². The Morgan fingerprint density at radius 2 is 1.17 bits per heavy atom. The van der Waals surface area contributed by atoms with Gasteiger partial charge in [-0.05, 0) is 48.5 Å². The van der Waals surface area contributed by atoms with Crippen LogP contribution >= 0.6 is 12.4 Å². The van der Waals surface area contributed by atoms with Crippen molar-refractivity contribution in [3.05, 3.63) is 90.0 Å². The van der Waals surface area contributed by atoms with Gasteiger partial charge in [0.05, 0.1) is 0 Å². The van der Waals surface area contributed by atoms with Crippen molar-refractivity contribution in [2.24, 2.45) is 0 Å². The van der Waals surface area contributed by atoms with Crippen LogP contribution in [0.4, 0.5) is 5.69 Å². The Bertz CT molecular complexity index is 769. The zero-order chi connectivity index (χ0) is 15.4. The largest absolute Gasteiger partial charge is 0.457 e. The molecule has 0 aromatic heterocycles. The molecule has 3 nitrogen and oxygen atoms in total. The molecule has 0 unspecified atom stereocenters. The molecule has 0 aliphatic carbocycles. The Morgan fingerprint density at radius 1 is 0.696 bits per heavy atom. The number of ether oxygens (including phenoxy) is 1. The van der Waals surface area contributed by atoms with Crippen LogP contribution in [0.3, 0.4) is 0 Å². The molecule has 0 saturated heterocycles. The lowest BCUT2D eigenvalue weighted by Crippen LogP contribution is -2.00. The summed E-state index contributed by atoms with van der Waals surface area (Å²) in [7, 11) is 0. The molecule has 3 rings (SSSR count).